The van der Waals surface area contributed by atoms with Gasteiger partial charge in [0, 0.05) is 6.61 Å². The Kier molecular flexibility index (Phi) is 4.67. The standard InChI is InChI=1S/C24H34O2/c1-4-5-17-12-20-16(13-23(17)26)6-7-19-18(20)10-11-24(3)21(15(2)14-25)8-9-22(19)24/h4,12-13,15,18-19,21-22,25-26H,1,5-11,14H2,2-3H3/t15-,18+,19-,21-,22+,24-/m1/s1. The molecule has 0 unspecified atom stereocenters. The van der Waals surface area contributed by atoms with Gasteiger partial charge in [-0.3, -0.25) is 0 Å². The third-order valence-electron chi connectivity index (χ3n) is 8.34. The minimum Gasteiger partial charge on any atom is -0.508 e. The molecule has 142 valence electrons. The number of aromatic hydroxyl groups is 1. The summed E-state index contributed by atoms with van der Waals surface area (Å²) in [5, 5.41) is 20.1. The van der Waals surface area contributed by atoms with Gasteiger partial charge in [0.15, 0.2) is 0 Å². The molecule has 0 aromatic heterocycles. The monoisotopic (exact) mass is 354 g/mol. The lowest BCUT2D eigenvalue weighted by Crippen LogP contribution is -2.44. The van der Waals surface area contributed by atoms with Crippen molar-refractivity contribution in [2.45, 2.75) is 64.7 Å². The first-order valence-electron chi connectivity index (χ1n) is 10.6. The van der Waals surface area contributed by atoms with Gasteiger partial charge >= 0.3 is 0 Å². The zero-order valence-electron chi connectivity index (χ0n) is 16.4. The molecule has 0 amide bonds. The molecule has 2 nitrogen and oxygen atoms in total. The largest absolute Gasteiger partial charge is 0.508 e. The summed E-state index contributed by atoms with van der Waals surface area (Å²) < 4.78 is 0. The number of hydrogen-bond acceptors (Lipinski definition) is 2. The number of rotatable bonds is 4. The summed E-state index contributed by atoms with van der Waals surface area (Å²) in [4.78, 5) is 0. The number of aliphatic hydroxyl groups excluding tert-OH is 1. The van der Waals surface area contributed by atoms with Crippen LogP contribution >= 0.6 is 0 Å². The van der Waals surface area contributed by atoms with Gasteiger partial charge in [-0.15, -0.1) is 6.58 Å². The van der Waals surface area contributed by atoms with Crippen LogP contribution in [0.3, 0.4) is 0 Å². The van der Waals surface area contributed by atoms with Crippen molar-refractivity contribution >= 4 is 0 Å². The van der Waals surface area contributed by atoms with Gasteiger partial charge in [0.2, 0.25) is 0 Å². The Labute approximate surface area is 158 Å². The van der Waals surface area contributed by atoms with Crippen LogP contribution in [0, 0.1) is 29.1 Å². The molecule has 0 saturated heterocycles. The van der Waals surface area contributed by atoms with E-state index in [2.05, 4.69) is 26.5 Å². The summed E-state index contributed by atoms with van der Waals surface area (Å²) in [6.45, 7) is 8.93. The molecule has 0 spiro atoms. The highest BCUT2D eigenvalue weighted by Crippen LogP contribution is 2.64. The second kappa shape index (κ2) is 6.71. The first-order valence-corrected chi connectivity index (χ1v) is 10.6. The number of fused-ring (bicyclic) bond motifs is 5. The summed E-state index contributed by atoms with van der Waals surface area (Å²) in [7, 11) is 0. The Morgan fingerprint density at radius 3 is 2.81 bits per heavy atom. The molecule has 0 bridgehead atoms. The molecule has 26 heavy (non-hydrogen) atoms. The smallest absolute Gasteiger partial charge is 0.119 e. The first-order chi connectivity index (χ1) is 12.5. The Balaban J connectivity index is 1.66. The quantitative estimate of drug-likeness (QED) is 0.728. The zero-order chi connectivity index (χ0) is 18.5. The van der Waals surface area contributed by atoms with Crippen LogP contribution in [0.15, 0.2) is 24.8 Å². The van der Waals surface area contributed by atoms with E-state index in [0.717, 1.165) is 30.2 Å². The average Bonchev–Trinajstić information content (AvgIpc) is 2.99. The van der Waals surface area contributed by atoms with Crippen LogP contribution in [0.5, 0.6) is 5.75 Å². The van der Waals surface area contributed by atoms with Gasteiger partial charge in [-0.05, 0) is 103 Å². The molecule has 2 saturated carbocycles. The molecule has 6 atom stereocenters. The van der Waals surface area contributed by atoms with Gasteiger partial charge in [0.25, 0.3) is 0 Å². The van der Waals surface area contributed by atoms with Crippen LogP contribution in [-0.2, 0) is 12.8 Å². The molecule has 1 aromatic rings. The minimum absolute atomic E-state index is 0.327. The number of hydrogen-bond donors (Lipinski definition) is 2. The van der Waals surface area contributed by atoms with E-state index in [-0.39, 0.29) is 0 Å². The summed E-state index contributed by atoms with van der Waals surface area (Å²) in [5.74, 6) is 3.78. The van der Waals surface area contributed by atoms with E-state index in [1.54, 1.807) is 0 Å². The van der Waals surface area contributed by atoms with Gasteiger partial charge < -0.3 is 10.2 Å². The van der Waals surface area contributed by atoms with Crippen LogP contribution in [0.25, 0.3) is 0 Å². The normalized spacial score (nSPS) is 36.7. The number of phenols is 1. The first kappa shape index (κ1) is 18.1. The lowest BCUT2D eigenvalue weighted by atomic mass is 9.53. The number of allylic oxidation sites excluding steroid dienone is 1. The topological polar surface area (TPSA) is 40.5 Å². The SMILES string of the molecule is C=CCc1cc2c(cc1O)CC[C@@H]1[C@@H]2CC[C@]2(C)[C@@H]([C@H](C)CO)CC[C@@H]12. The molecule has 1 aromatic carbocycles. The Morgan fingerprint density at radius 2 is 2.08 bits per heavy atom. The summed E-state index contributed by atoms with van der Waals surface area (Å²) in [6.07, 6.45) is 10.2. The predicted molar refractivity (Wildman–Crippen MR) is 106 cm³/mol. The fourth-order valence-corrected chi connectivity index (χ4v) is 7.08. The zero-order valence-corrected chi connectivity index (χ0v) is 16.4. The highest BCUT2D eigenvalue weighted by Gasteiger charge is 2.55. The number of aryl methyl sites for hydroxylation is 1. The van der Waals surface area contributed by atoms with Crippen LogP contribution in [-0.4, -0.2) is 16.8 Å². The summed E-state index contributed by atoms with van der Waals surface area (Å²) >= 11 is 0. The molecular formula is C24H34O2. The van der Waals surface area contributed by atoms with Gasteiger partial charge in [-0.1, -0.05) is 26.0 Å². The Morgan fingerprint density at radius 1 is 1.27 bits per heavy atom. The van der Waals surface area contributed by atoms with Crippen molar-refractivity contribution < 1.29 is 10.2 Å². The molecule has 0 radical (unpaired) electrons. The Hall–Kier alpha value is -1.28. The Bertz CT molecular complexity index is 694. The van der Waals surface area contributed by atoms with Crippen molar-refractivity contribution in [3.05, 3.63) is 41.5 Å². The highest BCUT2D eigenvalue weighted by atomic mass is 16.3. The fraction of sp³-hybridized carbons (Fsp3) is 0.667. The van der Waals surface area contributed by atoms with Gasteiger partial charge in [0.05, 0.1) is 0 Å². The second-order valence-electron chi connectivity index (χ2n) is 9.48. The molecule has 3 aliphatic rings. The highest BCUT2D eigenvalue weighted by molar-refractivity contribution is 5.46. The molecule has 4 rings (SSSR count). The summed E-state index contributed by atoms with van der Waals surface area (Å²) in [5.41, 5.74) is 4.32. The number of aliphatic hydroxyl groups is 1. The average molecular weight is 355 g/mol. The van der Waals surface area contributed by atoms with Gasteiger partial charge in [-0.25, -0.2) is 0 Å². The van der Waals surface area contributed by atoms with E-state index in [1.807, 2.05) is 12.1 Å². The number of benzene rings is 1. The van der Waals surface area contributed by atoms with Crippen molar-refractivity contribution in [3.8, 4) is 5.75 Å². The van der Waals surface area contributed by atoms with Crippen LogP contribution in [0.1, 0.15) is 68.6 Å². The van der Waals surface area contributed by atoms with E-state index in [0.29, 0.717) is 35.5 Å². The van der Waals surface area contributed by atoms with Crippen LogP contribution < -0.4 is 0 Å². The molecule has 0 heterocycles. The van der Waals surface area contributed by atoms with Crippen molar-refractivity contribution in [1.82, 2.24) is 0 Å². The molecule has 2 fully saturated rings. The van der Waals surface area contributed by atoms with Gasteiger partial charge in [0.1, 0.15) is 5.75 Å². The minimum atomic E-state index is 0.327. The summed E-state index contributed by atoms with van der Waals surface area (Å²) in [6, 6.07) is 4.32. The predicted octanol–water partition coefficient (Wildman–Crippen LogP) is 5.22. The van der Waals surface area contributed by atoms with Crippen LogP contribution in [0.2, 0.25) is 0 Å². The lowest BCUT2D eigenvalue weighted by molar-refractivity contribution is 0.00155. The van der Waals surface area contributed by atoms with Crippen molar-refractivity contribution in [1.29, 1.82) is 0 Å². The molecule has 2 heteroatoms. The van der Waals surface area contributed by atoms with E-state index < -0.39 is 0 Å². The van der Waals surface area contributed by atoms with Crippen molar-refractivity contribution in [3.63, 3.8) is 0 Å². The maximum atomic E-state index is 10.3. The lowest BCUT2D eigenvalue weighted by Gasteiger charge is -2.52. The molecule has 2 N–H and O–H groups in total. The second-order valence-corrected chi connectivity index (χ2v) is 9.48. The van der Waals surface area contributed by atoms with E-state index in [9.17, 15) is 10.2 Å². The third-order valence-corrected chi connectivity index (χ3v) is 8.34. The van der Waals surface area contributed by atoms with E-state index in [4.69, 9.17) is 0 Å². The van der Waals surface area contributed by atoms with Crippen molar-refractivity contribution in [2.75, 3.05) is 6.61 Å². The fourth-order valence-electron chi connectivity index (χ4n) is 7.08. The van der Waals surface area contributed by atoms with Crippen molar-refractivity contribution in [2.24, 2.45) is 29.1 Å². The third kappa shape index (κ3) is 2.64. The maximum Gasteiger partial charge on any atom is 0.119 e. The van der Waals surface area contributed by atoms with E-state index >= 15 is 0 Å². The molecular weight excluding hydrogens is 320 g/mol. The molecule has 0 aliphatic heterocycles. The van der Waals surface area contributed by atoms with Crippen LogP contribution in [0.4, 0.5) is 0 Å². The van der Waals surface area contributed by atoms with E-state index in [1.165, 1.54) is 43.2 Å². The maximum absolute atomic E-state index is 10.3. The molecule has 3 aliphatic carbocycles. The van der Waals surface area contributed by atoms with Gasteiger partial charge in [-0.2, -0.15) is 0 Å². The number of phenolic OH excluding ortho intramolecular Hbond substituents is 1.